The first kappa shape index (κ1) is 13.0. The number of anilines is 1. The van der Waals surface area contributed by atoms with Crippen molar-refractivity contribution in [2.45, 2.75) is 26.8 Å². The predicted molar refractivity (Wildman–Crippen MR) is 70.8 cm³/mol. The highest BCUT2D eigenvalue weighted by Crippen LogP contribution is 2.16. The van der Waals surface area contributed by atoms with Crippen LogP contribution in [0.25, 0.3) is 0 Å². The maximum Gasteiger partial charge on any atom is 0.315 e. The van der Waals surface area contributed by atoms with Crippen molar-refractivity contribution in [2.75, 3.05) is 18.9 Å². The monoisotopic (exact) mass is 267 g/mol. The summed E-state index contributed by atoms with van der Waals surface area (Å²) in [7, 11) is 1.84. The predicted octanol–water partition coefficient (Wildman–Crippen LogP) is 1.52. The first-order valence-electron chi connectivity index (χ1n) is 5.83. The van der Waals surface area contributed by atoms with Crippen LogP contribution in [0.1, 0.15) is 21.5 Å². The normalized spacial score (nSPS) is 10.8. The number of rotatable bonds is 6. The van der Waals surface area contributed by atoms with E-state index in [0.29, 0.717) is 18.5 Å². The van der Waals surface area contributed by atoms with Crippen LogP contribution in [0, 0.1) is 13.8 Å². The molecule has 0 aliphatic heterocycles. The lowest BCUT2D eigenvalue weighted by atomic mass is 10.4. The van der Waals surface area contributed by atoms with Crippen LogP contribution in [-0.4, -0.2) is 28.8 Å². The van der Waals surface area contributed by atoms with Crippen molar-refractivity contribution in [2.24, 2.45) is 0 Å². The third kappa shape index (κ3) is 3.27. The molecule has 0 radical (unpaired) electrons. The molecule has 0 fully saturated rings. The fourth-order valence-corrected chi connectivity index (χ4v) is 2.40. The van der Waals surface area contributed by atoms with E-state index < -0.39 is 0 Å². The van der Waals surface area contributed by atoms with Crippen molar-refractivity contribution < 1.29 is 4.42 Å². The van der Waals surface area contributed by atoms with E-state index in [9.17, 15) is 0 Å². The van der Waals surface area contributed by atoms with Gasteiger partial charge in [0.2, 0.25) is 5.89 Å². The second-order valence-electron chi connectivity index (χ2n) is 3.96. The summed E-state index contributed by atoms with van der Waals surface area (Å²) >= 11 is 1.74. The maximum absolute atomic E-state index is 5.38. The van der Waals surface area contributed by atoms with Gasteiger partial charge in [-0.2, -0.15) is 0 Å². The number of nitrogens with one attached hydrogen (secondary N) is 2. The van der Waals surface area contributed by atoms with Gasteiger partial charge >= 0.3 is 6.01 Å². The third-order valence-electron chi connectivity index (χ3n) is 2.48. The first-order chi connectivity index (χ1) is 8.69. The molecule has 2 rings (SSSR count). The fourth-order valence-electron chi connectivity index (χ4n) is 1.47. The molecule has 2 aromatic heterocycles. The molecule has 0 bridgehead atoms. The number of aromatic nitrogens is 3. The second kappa shape index (κ2) is 5.92. The molecular weight excluding hydrogens is 250 g/mol. The Balaban J connectivity index is 1.80. The molecule has 7 heteroatoms. The average Bonchev–Trinajstić information content (AvgIpc) is 2.88. The van der Waals surface area contributed by atoms with E-state index in [1.807, 2.05) is 14.0 Å². The summed E-state index contributed by atoms with van der Waals surface area (Å²) in [4.78, 5) is 5.75. The highest BCUT2D eigenvalue weighted by Gasteiger charge is 2.06. The van der Waals surface area contributed by atoms with E-state index in [1.54, 1.807) is 11.3 Å². The van der Waals surface area contributed by atoms with Gasteiger partial charge in [-0.05, 0) is 20.9 Å². The average molecular weight is 267 g/mol. The van der Waals surface area contributed by atoms with Crippen molar-refractivity contribution in [1.29, 1.82) is 0 Å². The van der Waals surface area contributed by atoms with Crippen molar-refractivity contribution in [3.63, 3.8) is 0 Å². The van der Waals surface area contributed by atoms with Crippen LogP contribution in [0.5, 0.6) is 0 Å². The lowest BCUT2D eigenvalue weighted by Gasteiger charge is -1.98. The zero-order chi connectivity index (χ0) is 13.0. The van der Waals surface area contributed by atoms with Gasteiger partial charge in [0.25, 0.3) is 0 Å². The molecule has 18 heavy (non-hydrogen) atoms. The molecule has 6 nitrogen and oxygen atoms in total. The summed E-state index contributed by atoms with van der Waals surface area (Å²) in [6.07, 6.45) is 0.864. The molecule has 0 saturated carbocycles. The summed E-state index contributed by atoms with van der Waals surface area (Å²) in [6.45, 7) is 5.45. The maximum atomic E-state index is 5.38. The number of thiazole rings is 1. The van der Waals surface area contributed by atoms with E-state index in [2.05, 4.69) is 32.7 Å². The SMILES string of the molecule is CNCc1nnc(NCCc2nc(C)c(C)s2)o1. The lowest BCUT2D eigenvalue weighted by molar-refractivity contribution is 0.489. The van der Waals surface area contributed by atoms with Gasteiger partial charge in [-0.15, -0.1) is 16.4 Å². The van der Waals surface area contributed by atoms with Gasteiger partial charge < -0.3 is 15.1 Å². The minimum Gasteiger partial charge on any atom is -0.407 e. The quantitative estimate of drug-likeness (QED) is 0.826. The van der Waals surface area contributed by atoms with E-state index in [-0.39, 0.29) is 0 Å². The molecule has 2 heterocycles. The molecule has 0 atom stereocenters. The van der Waals surface area contributed by atoms with Crippen LogP contribution < -0.4 is 10.6 Å². The molecule has 0 saturated heterocycles. The standard InChI is InChI=1S/C11H17N5OS/c1-7-8(2)18-10(14-7)4-5-13-11-16-15-9(17-11)6-12-3/h12H,4-6H2,1-3H3,(H,13,16). The topological polar surface area (TPSA) is 75.9 Å². The number of hydrogen-bond donors (Lipinski definition) is 2. The molecule has 0 aliphatic rings. The van der Waals surface area contributed by atoms with Crippen LogP contribution in [0.2, 0.25) is 0 Å². The number of aryl methyl sites for hydroxylation is 2. The first-order valence-corrected chi connectivity index (χ1v) is 6.64. The number of nitrogens with zero attached hydrogens (tertiary/aromatic N) is 3. The summed E-state index contributed by atoms with van der Waals surface area (Å²) < 4.78 is 5.38. The van der Waals surface area contributed by atoms with Gasteiger partial charge in [-0.25, -0.2) is 4.98 Å². The molecule has 0 amide bonds. The molecular formula is C11H17N5OS. The molecule has 0 aliphatic carbocycles. The fraction of sp³-hybridized carbons (Fsp3) is 0.545. The zero-order valence-corrected chi connectivity index (χ0v) is 11.6. The van der Waals surface area contributed by atoms with Gasteiger partial charge in [0.05, 0.1) is 17.2 Å². The summed E-state index contributed by atoms with van der Waals surface area (Å²) in [5.41, 5.74) is 1.11. The van der Waals surface area contributed by atoms with Crippen LogP contribution in [0.15, 0.2) is 4.42 Å². The lowest BCUT2D eigenvalue weighted by Crippen LogP contribution is -2.05. The molecule has 0 spiro atoms. The molecule has 98 valence electrons. The Morgan fingerprint density at radius 3 is 2.78 bits per heavy atom. The van der Waals surface area contributed by atoms with Crippen LogP contribution in [-0.2, 0) is 13.0 Å². The van der Waals surface area contributed by atoms with E-state index >= 15 is 0 Å². The third-order valence-corrected chi connectivity index (χ3v) is 3.62. The Kier molecular flexibility index (Phi) is 4.27. The van der Waals surface area contributed by atoms with Crippen molar-refractivity contribution >= 4 is 17.4 Å². The van der Waals surface area contributed by atoms with Crippen molar-refractivity contribution in [3.8, 4) is 0 Å². The van der Waals surface area contributed by atoms with Gasteiger partial charge in [0.15, 0.2) is 0 Å². The number of hydrogen-bond acceptors (Lipinski definition) is 7. The van der Waals surface area contributed by atoms with Crippen LogP contribution in [0.3, 0.4) is 0 Å². The zero-order valence-electron chi connectivity index (χ0n) is 10.8. The van der Waals surface area contributed by atoms with Crippen molar-refractivity contribution in [3.05, 3.63) is 21.5 Å². The van der Waals surface area contributed by atoms with Crippen molar-refractivity contribution in [1.82, 2.24) is 20.5 Å². The minimum absolute atomic E-state index is 0.463. The highest BCUT2D eigenvalue weighted by atomic mass is 32.1. The largest absolute Gasteiger partial charge is 0.407 e. The van der Waals surface area contributed by atoms with Gasteiger partial charge in [-0.1, -0.05) is 5.10 Å². The molecule has 0 unspecified atom stereocenters. The Bertz CT molecular complexity index is 488. The van der Waals surface area contributed by atoms with E-state index in [4.69, 9.17) is 4.42 Å². The summed E-state index contributed by atoms with van der Waals surface area (Å²) in [6, 6.07) is 0.463. The van der Waals surface area contributed by atoms with Gasteiger partial charge in [0.1, 0.15) is 0 Å². The summed E-state index contributed by atoms with van der Waals surface area (Å²) in [5, 5.41) is 15.0. The molecule has 0 aromatic carbocycles. The summed E-state index contributed by atoms with van der Waals surface area (Å²) in [5.74, 6) is 0.584. The minimum atomic E-state index is 0.463. The Hall–Kier alpha value is -1.47. The van der Waals surface area contributed by atoms with Gasteiger partial charge in [-0.3, -0.25) is 0 Å². The molecule has 2 N–H and O–H groups in total. The van der Waals surface area contributed by atoms with E-state index in [0.717, 1.165) is 23.7 Å². The Morgan fingerprint density at radius 1 is 1.28 bits per heavy atom. The van der Waals surface area contributed by atoms with Crippen LogP contribution >= 0.6 is 11.3 Å². The molecule has 2 aromatic rings. The van der Waals surface area contributed by atoms with Crippen LogP contribution in [0.4, 0.5) is 6.01 Å². The van der Waals surface area contributed by atoms with Gasteiger partial charge in [0, 0.05) is 17.8 Å². The smallest absolute Gasteiger partial charge is 0.315 e. The Morgan fingerprint density at radius 2 is 2.11 bits per heavy atom. The van der Waals surface area contributed by atoms with E-state index in [1.165, 1.54) is 4.88 Å². The second-order valence-corrected chi connectivity index (χ2v) is 5.25. The Labute approximate surface area is 110 Å². The highest BCUT2D eigenvalue weighted by molar-refractivity contribution is 7.11.